The average molecular weight is 264 g/mol. The summed E-state index contributed by atoms with van der Waals surface area (Å²) in [5.74, 6) is 0.644. The minimum absolute atomic E-state index is 0.156. The maximum atomic E-state index is 12.1. The van der Waals surface area contributed by atoms with Gasteiger partial charge < -0.3 is 15.2 Å². The van der Waals surface area contributed by atoms with Gasteiger partial charge in [-0.2, -0.15) is 0 Å². The smallest absolute Gasteiger partial charge is 0.256 e. The van der Waals surface area contributed by atoms with Gasteiger partial charge in [0.15, 0.2) is 0 Å². The van der Waals surface area contributed by atoms with E-state index in [0.717, 1.165) is 25.7 Å². The highest BCUT2D eigenvalue weighted by Gasteiger charge is 2.20. The summed E-state index contributed by atoms with van der Waals surface area (Å²) in [6.45, 7) is 0.642. The SMILES string of the molecule is COc1ncccc1C(=O)NCC1CCC(O)CC1. The molecule has 1 aromatic rings. The van der Waals surface area contributed by atoms with Crippen molar-refractivity contribution in [1.82, 2.24) is 10.3 Å². The predicted octanol–water partition coefficient (Wildman–Crippen LogP) is 1.37. The summed E-state index contributed by atoms with van der Waals surface area (Å²) in [4.78, 5) is 16.1. The van der Waals surface area contributed by atoms with Gasteiger partial charge in [0.1, 0.15) is 5.56 Å². The molecule has 1 amide bonds. The van der Waals surface area contributed by atoms with Crippen LogP contribution in [0.2, 0.25) is 0 Å². The molecule has 1 saturated carbocycles. The third-order valence-corrected chi connectivity index (χ3v) is 3.58. The Labute approximate surface area is 113 Å². The highest BCUT2D eigenvalue weighted by Crippen LogP contribution is 2.23. The summed E-state index contributed by atoms with van der Waals surface area (Å²) in [6, 6.07) is 3.42. The van der Waals surface area contributed by atoms with Gasteiger partial charge in [-0.15, -0.1) is 0 Å². The van der Waals surface area contributed by atoms with Crippen LogP contribution in [-0.2, 0) is 0 Å². The van der Waals surface area contributed by atoms with Gasteiger partial charge >= 0.3 is 0 Å². The Hall–Kier alpha value is -1.62. The van der Waals surface area contributed by atoms with E-state index in [0.29, 0.717) is 23.9 Å². The molecule has 1 heterocycles. The van der Waals surface area contributed by atoms with Gasteiger partial charge in [0.25, 0.3) is 5.91 Å². The summed E-state index contributed by atoms with van der Waals surface area (Å²) in [7, 11) is 1.50. The highest BCUT2D eigenvalue weighted by molar-refractivity contribution is 5.96. The number of carbonyl (C=O) groups is 1. The molecule has 0 bridgehead atoms. The van der Waals surface area contributed by atoms with Gasteiger partial charge in [0.05, 0.1) is 13.2 Å². The molecule has 1 aliphatic carbocycles. The van der Waals surface area contributed by atoms with Crippen LogP contribution >= 0.6 is 0 Å². The van der Waals surface area contributed by atoms with Crippen LogP contribution in [0.15, 0.2) is 18.3 Å². The van der Waals surface area contributed by atoms with E-state index < -0.39 is 0 Å². The lowest BCUT2D eigenvalue weighted by Crippen LogP contribution is -2.32. The third kappa shape index (κ3) is 3.67. The number of pyridine rings is 1. The van der Waals surface area contributed by atoms with E-state index in [1.165, 1.54) is 7.11 Å². The minimum Gasteiger partial charge on any atom is -0.480 e. The fourth-order valence-electron chi connectivity index (χ4n) is 2.41. The van der Waals surface area contributed by atoms with Crippen LogP contribution in [0.25, 0.3) is 0 Å². The molecule has 2 N–H and O–H groups in total. The number of ether oxygens (including phenoxy) is 1. The number of aliphatic hydroxyl groups is 1. The zero-order chi connectivity index (χ0) is 13.7. The molecular weight excluding hydrogens is 244 g/mol. The molecule has 5 nitrogen and oxygen atoms in total. The van der Waals surface area contributed by atoms with Gasteiger partial charge in [0, 0.05) is 12.7 Å². The van der Waals surface area contributed by atoms with E-state index in [1.807, 2.05) is 0 Å². The van der Waals surface area contributed by atoms with E-state index in [4.69, 9.17) is 4.74 Å². The van der Waals surface area contributed by atoms with Crippen molar-refractivity contribution in [2.75, 3.05) is 13.7 Å². The summed E-state index contributed by atoms with van der Waals surface area (Å²) in [5.41, 5.74) is 0.459. The molecule has 1 aliphatic rings. The van der Waals surface area contributed by atoms with E-state index >= 15 is 0 Å². The number of methoxy groups -OCH3 is 1. The second kappa shape index (κ2) is 6.52. The van der Waals surface area contributed by atoms with Crippen LogP contribution < -0.4 is 10.1 Å². The molecule has 0 saturated heterocycles. The molecule has 104 valence electrons. The second-order valence-electron chi connectivity index (χ2n) is 4.94. The van der Waals surface area contributed by atoms with Crippen molar-refractivity contribution in [2.24, 2.45) is 5.92 Å². The monoisotopic (exact) mass is 264 g/mol. The third-order valence-electron chi connectivity index (χ3n) is 3.58. The molecule has 2 rings (SSSR count). The Bertz CT molecular complexity index is 428. The van der Waals surface area contributed by atoms with Crippen molar-refractivity contribution >= 4 is 5.91 Å². The fraction of sp³-hybridized carbons (Fsp3) is 0.571. The largest absolute Gasteiger partial charge is 0.480 e. The number of hydrogen-bond acceptors (Lipinski definition) is 4. The second-order valence-corrected chi connectivity index (χ2v) is 4.94. The number of aromatic nitrogens is 1. The first-order valence-corrected chi connectivity index (χ1v) is 6.66. The first-order valence-electron chi connectivity index (χ1n) is 6.66. The maximum absolute atomic E-state index is 12.1. The molecule has 5 heteroatoms. The quantitative estimate of drug-likeness (QED) is 0.861. The number of aliphatic hydroxyl groups excluding tert-OH is 1. The predicted molar refractivity (Wildman–Crippen MR) is 71.1 cm³/mol. The number of carbonyl (C=O) groups excluding carboxylic acids is 1. The highest BCUT2D eigenvalue weighted by atomic mass is 16.5. The van der Waals surface area contributed by atoms with Crippen molar-refractivity contribution in [1.29, 1.82) is 0 Å². The molecule has 1 fully saturated rings. The van der Waals surface area contributed by atoms with Crippen LogP contribution in [0.1, 0.15) is 36.0 Å². The Morgan fingerprint density at radius 3 is 2.89 bits per heavy atom. The number of nitrogens with zero attached hydrogens (tertiary/aromatic N) is 1. The first kappa shape index (κ1) is 13.8. The van der Waals surface area contributed by atoms with E-state index in [2.05, 4.69) is 10.3 Å². The molecule has 0 unspecified atom stereocenters. The summed E-state index contributed by atoms with van der Waals surface area (Å²) in [6.07, 6.45) is 5.02. The van der Waals surface area contributed by atoms with Crippen molar-refractivity contribution in [3.8, 4) is 5.88 Å². The van der Waals surface area contributed by atoms with Crippen LogP contribution in [0, 0.1) is 5.92 Å². The molecular formula is C14H20N2O3. The van der Waals surface area contributed by atoms with Crippen LogP contribution in [0.3, 0.4) is 0 Å². The molecule has 1 aromatic heterocycles. The summed E-state index contributed by atoms with van der Waals surface area (Å²) < 4.78 is 5.07. The lowest BCUT2D eigenvalue weighted by Gasteiger charge is -2.25. The van der Waals surface area contributed by atoms with Gasteiger partial charge in [-0.25, -0.2) is 4.98 Å². The number of amides is 1. The van der Waals surface area contributed by atoms with Crippen LogP contribution in [0.4, 0.5) is 0 Å². The van der Waals surface area contributed by atoms with Crippen molar-refractivity contribution in [3.05, 3.63) is 23.9 Å². The van der Waals surface area contributed by atoms with E-state index in [1.54, 1.807) is 18.3 Å². The maximum Gasteiger partial charge on any atom is 0.256 e. The lowest BCUT2D eigenvalue weighted by molar-refractivity contribution is 0.0907. The molecule has 0 spiro atoms. The zero-order valence-corrected chi connectivity index (χ0v) is 11.1. The summed E-state index contributed by atoms with van der Waals surface area (Å²) >= 11 is 0. The normalized spacial score (nSPS) is 22.8. The Balaban J connectivity index is 1.87. The van der Waals surface area contributed by atoms with Crippen molar-refractivity contribution < 1.29 is 14.6 Å². The van der Waals surface area contributed by atoms with Crippen LogP contribution in [-0.4, -0.2) is 35.8 Å². The molecule has 0 aromatic carbocycles. The van der Waals surface area contributed by atoms with E-state index in [-0.39, 0.29) is 12.0 Å². The summed E-state index contributed by atoms with van der Waals surface area (Å²) in [5, 5.41) is 12.4. The molecule has 0 radical (unpaired) electrons. The van der Waals surface area contributed by atoms with Gasteiger partial charge in [0.2, 0.25) is 5.88 Å². The Morgan fingerprint density at radius 1 is 1.47 bits per heavy atom. The van der Waals surface area contributed by atoms with E-state index in [9.17, 15) is 9.90 Å². The van der Waals surface area contributed by atoms with Crippen LogP contribution in [0.5, 0.6) is 5.88 Å². The average Bonchev–Trinajstić information content (AvgIpc) is 2.46. The topological polar surface area (TPSA) is 71.5 Å². The lowest BCUT2D eigenvalue weighted by atomic mass is 9.87. The standard InChI is InChI=1S/C14H20N2O3/c1-19-14-12(3-2-8-15-14)13(18)16-9-10-4-6-11(17)7-5-10/h2-3,8,10-11,17H,4-7,9H2,1H3,(H,16,18). The number of nitrogens with one attached hydrogen (secondary N) is 1. The Morgan fingerprint density at radius 2 is 2.21 bits per heavy atom. The number of rotatable bonds is 4. The van der Waals surface area contributed by atoms with Gasteiger partial charge in [-0.05, 0) is 43.7 Å². The first-order chi connectivity index (χ1) is 9.20. The number of hydrogen-bond donors (Lipinski definition) is 2. The zero-order valence-electron chi connectivity index (χ0n) is 11.1. The Kier molecular flexibility index (Phi) is 4.74. The fourth-order valence-corrected chi connectivity index (χ4v) is 2.41. The molecule has 19 heavy (non-hydrogen) atoms. The minimum atomic E-state index is -0.162. The van der Waals surface area contributed by atoms with Gasteiger partial charge in [-0.1, -0.05) is 0 Å². The van der Waals surface area contributed by atoms with Crippen molar-refractivity contribution in [3.63, 3.8) is 0 Å². The molecule has 0 atom stereocenters. The van der Waals surface area contributed by atoms with Crippen molar-refractivity contribution in [2.45, 2.75) is 31.8 Å². The van der Waals surface area contributed by atoms with Gasteiger partial charge in [-0.3, -0.25) is 4.79 Å². The molecule has 0 aliphatic heterocycles.